The largest absolute Gasteiger partial charge is 0.478 e. The second-order valence-corrected chi connectivity index (χ2v) is 8.76. The number of aromatic carboxylic acids is 1. The molecule has 170 valence electrons. The van der Waals surface area contributed by atoms with Crippen molar-refractivity contribution < 1.29 is 19.3 Å². The summed E-state index contributed by atoms with van der Waals surface area (Å²) in [5, 5.41) is 15.5. The molecule has 0 unspecified atom stereocenters. The topological polar surface area (TPSA) is 76.4 Å². The highest BCUT2D eigenvalue weighted by Crippen LogP contribution is 2.46. The molecule has 5 nitrogen and oxygen atoms in total. The zero-order valence-corrected chi connectivity index (χ0v) is 20.4. The summed E-state index contributed by atoms with van der Waals surface area (Å²) >= 11 is 13.0. The van der Waals surface area contributed by atoms with Gasteiger partial charge in [0.25, 0.3) is 0 Å². The Hall–Kier alpha value is -3.02. The fourth-order valence-electron chi connectivity index (χ4n) is 4.24. The van der Waals surface area contributed by atoms with E-state index in [0.717, 1.165) is 46.2 Å². The molecule has 1 aliphatic carbocycles. The average Bonchev–Trinajstić information content (AvgIpc) is 2.76. The van der Waals surface area contributed by atoms with Gasteiger partial charge in [0, 0.05) is 51.0 Å². The summed E-state index contributed by atoms with van der Waals surface area (Å²) in [6, 6.07) is 11.0. The van der Waals surface area contributed by atoms with Crippen molar-refractivity contribution in [3.8, 4) is 22.5 Å². The molecule has 0 radical (unpaired) electrons. The normalized spacial score (nSPS) is 12.0. The molecule has 2 aromatic carbocycles. The Kier molecular flexibility index (Phi) is 6.37. The van der Waals surface area contributed by atoms with Crippen LogP contribution in [0.5, 0.6) is 0 Å². The van der Waals surface area contributed by atoms with E-state index in [2.05, 4.69) is 10.3 Å². The predicted octanol–water partition coefficient (Wildman–Crippen LogP) is 5.26. The summed E-state index contributed by atoms with van der Waals surface area (Å²) in [6.07, 6.45) is 0. The van der Waals surface area contributed by atoms with Crippen LogP contribution in [0.4, 0.5) is 5.69 Å². The molecule has 0 fully saturated rings. The van der Waals surface area contributed by atoms with E-state index in [1.165, 1.54) is 6.07 Å². The number of carbonyl (C=O) groups is 1. The summed E-state index contributed by atoms with van der Waals surface area (Å²) in [5.41, 5.74) is 5.41. The number of carboxylic acids is 1. The minimum absolute atomic E-state index is 0.0280. The first-order valence-electron chi connectivity index (χ1n) is 10.8. The summed E-state index contributed by atoms with van der Waals surface area (Å²) < 4.78 is 6.36. The van der Waals surface area contributed by atoms with Gasteiger partial charge in [-0.3, -0.25) is 0 Å². The highest BCUT2D eigenvalue weighted by Gasteiger charge is 2.27. The van der Waals surface area contributed by atoms with Crippen molar-refractivity contribution >= 4 is 45.8 Å². The highest BCUT2D eigenvalue weighted by molar-refractivity contribution is 6.39. The Morgan fingerprint density at radius 3 is 2.42 bits per heavy atom. The molecule has 7 heteroatoms. The number of aryl methyl sites for hydroxylation is 2. The van der Waals surface area contributed by atoms with Crippen LogP contribution in [-0.4, -0.2) is 24.2 Å². The number of rotatable bonds is 5. The van der Waals surface area contributed by atoms with E-state index in [0.29, 0.717) is 27.5 Å². The molecule has 0 aromatic heterocycles. The van der Waals surface area contributed by atoms with Crippen LogP contribution < -0.4 is 15.7 Å². The first kappa shape index (κ1) is 23.1. The lowest BCUT2D eigenvalue weighted by Gasteiger charge is -2.20. The Balaban J connectivity index is 2.26. The van der Waals surface area contributed by atoms with Gasteiger partial charge in [-0.2, -0.15) is 0 Å². The van der Waals surface area contributed by atoms with Crippen molar-refractivity contribution in [2.45, 2.75) is 27.7 Å². The smallest absolute Gasteiger partial charge is 0.337 e. The molecule has 0 bridgehead atoms. The van der Waals surface area contributed by atoms with Crippen LogP contribution >= 0.6 is 23.2 Å². The van der Waals surface area contributed by atoms with E-state index >= 15 is 0 Å². The van der Waals surface area contributed by atoms with Gasteiger partial charge in [-0.25, -0.2) is 9.79 Å². The van der Waals surface area contributed by atoms with Crippen molar-refractivity contribution in [2.24, 2.45) is 0 Å². The molecule has 2 aliphatic rings. The fraction of sp³-hybridized carbons (Fsp3) is 0.231. The van der Waals surface area contributed by atoms with Crippen LogP contribution in [0.2, 0.25) is 10.0 Å². The van der Waals surface area contributed by atoms with E-state index in [1.807, 2.05) is 52.0 Å². The van der Waals surface area contributed by atoms with Gasteiger partial charge in [-0.05, 0) is 57.5 Å². The van der Waals surface area contributed by atoms with Gasteiger partial charge in [-0.15, -0.1) is 0 Å². The molecule has 2 aromatic rings. The van der Waals surface area contributed by atoms with Gasteiger partial charge in [0.15, 0.2) is 0 Å². The first-order chi connectivity index (χ1) is 15.8. The van der Waals surface area contributed by atoms with Crippen LogP contribution in [0, 0.1) is 13.8 Å². The molecule has 0 saturated carbocycles. The number of nitrogens with one attached hydrogen (secondary N) is 2. The Morgan fingerprint density at radius 1 is 1.03 bits per heavy atom. The number of halogens is 2. The zero-order valence-electron chi connectivity index (χ0n) is 18.9. The average molecular weight is 484 g/mol. The molecule has 0 spiro atoms. The molecule has 4 rings (SSSR count). The van der Waals surface area contributed by atoms with E-state index in [1.54, 1.807) is 6.07 Å². The van der Waals surface area contributed by atoms with E-state index < -0.39 is 5.97 Å². The quantitative estimate of drug-likeness (QED) is 0.338. The van der Waals surface area contributed by atoms with E-state index in [4.69, 9.17) is 27.6 Å². The number of anilines is 1. The summed E-state index contributed by atoms with van der Waals surface area (Å²) in [7, 11) is 0. The van der Waals surface area contributed by atoms with E-state index in [9.17, 15) is 9.90 Å². The maximum absolute atomic E-state index is 12.3. The van der Waals surface area contributed by atoms with Crippen molar-refractivity contribution in [1.82, 2.24) is 0 Å². The van der Waals surface area contributed by atoms with Crippen LogP contribution in [0.1, 0.15) is 35.3 Å². The van der Waals surface area contributed by atoms with Crippen molar-refractivity contribution in [1.29, 1.82) is 0 Å². The van der Waals surface area contributed by atoms with Gasteiger partial charge in [-0.1, -0.05) is 23.2 Å². The predicted molar refractivity (Wildman–Crippen MR) is 134 cm³/mol. The number of hydrogen-bond acceptors (Lipinski definition) is 3. The third-order valence-electron chi connectivity index (χ3n) is 5.71. The molecule has 0 saturated heterocycles. The Labute approximate surface area is 202 Å². The van der Waals surface area contributed by atoms with Crippen LogP contribution in [0.25, 0.3) is 33.4 Å². The Morgan fingerprint density at radius 2 is 1.76 bits per heavy atom. The second-order valence-electron chi connectivity index (χ2n) is 7.95. The number of benzene rings is 3. The summed E-state index contributed by atoms with van der Waals surface area (Å²) in [5.74, 6) is -0.515. The van der Waals surface area contributed by atoms with Crippen molar-refractivity contribution in [3.63, 3.8) is 0 Å². The zero-order chi connectivity index (χ0) is 23.9. The number of carboxylic acid groups (broad SMARTS) is 1. The van der Waals surface area contributed by atoms with Gasteiger partial charge >= 0.3 is 5.97 Å². The summed E-state index contributed by atoms with van der Waals surface area (Å²) in [4.78, 5) is 15.6. The molecule has 0 atom stereocenters. The highest BCUT2D eigenvalue weighted by atomic mass is 35.5. The fourth-order valence-corrected chi connectivity index (χ4v) is 4.73. The molecule has 1 heterocycles. The SMILES string of the molecule is CCNc1cc2oc3cc(=[NH+]CC)c(C)cc-3c(-c3c(Cl)ccc(Cl)c3C(=O)O)c2cc1C. The van der Waals surface area contributed by atoms with Crippen LogP contribution in [-0.2, 0) is 0 Å². The molecular formula is C26H25Cl2N2O3+. The standard InChI is InChI=1S/C26H24Cl2N2O3/c1-5-29-19-11-21-15(9-13(19)3)23(24-17(27)7-8-18(28)25(24)26(31)32)16-10-14(4)20(30-6-2)12-22(16)33-21/h7-12,29H,5-6H2,1-4H3,(H,31,32)/p+1. The van der Waals surface area contributed by atoms with Gasteiger partial charge in [0.05, 0.1) is 16.7 Å². The summed E-state index contributed by atoms with van der Waals surface area (Å²) in [6.45, 7) is 9.59. The van der Waals surface area contributed by atoms with E-state index in [-0.39, 0.29) is 10.6 Å². The number of hydrogen-bond donors (Lipinski definition) is 3. The monoisotopic (exact) mass is 483 g/mol. The Bertz CT molecular complexity index is 1440. The number of fused-ring (bicyclic) bond motifs is 2. The van der Waals surface area contributed by atoms with Crippen molar-refractivity contribution in [2.75, 3.05) is 18.4 Å². The molecule has 1 aliphatic heterocycles. The molecule has 3 N–H and O–H groups in total. The molecular weight excluding hydrogens is 459 g/mol. The lowest BCUT2D eigenvalue weighted by atomic mass is 9.89. The van der Waals surface area contributed by atoms with Crippen LogP contribution in [0.15, 0.2) is 40.8 Å². The lowest BCUT2D eigenvalue weighted by molar-refractivity contribution is -0.496. The third kappa shape index (κ3) is 4.07. The van der Waals surface area contributed by atoms with Gasteiger partial charge in [0.2, 0.25) is 5.36 Å². The maximum Gasteiger partial charge on any atom is 0.337 e. The minimum Gasteiger partial charge on any atom is -0.478 e. The minimum atomic E-state index is -1.14. The van der Waals surface area contributed by atoms with Crippen LogP contribution in [0.3, 0.4) is 0 Å². The molecule has 33 heavy (non-hydrogen) atoms. The first-order valence-corrected chi connectivity index (χ1v) is 11.6. The molecule has 0 amide bonds. The third-order valence-corrected chi connectivity index (χ3v) is 6.34. The van der Waals surface area contributed by atoms with Gasteiger partial charge in [0.1, 0.15) is 17.9 Å². The second kappa shape index (κ2) is 9.08. The van der Waals surface area contributed by atoms with Gasteiger partial charge < -0.3 is 14.8 Å². The van der Waals surface area contributed by atoms with Crippen molar-refractivity contribution in [3.05, 3.63) is 68.5 Å². The maximum atomic E-state index is 12.3. The lowest BCUT2D eigenvalue weighted by Crippen LogP contribution is -2.76.